The largest absolute Gasteiger partial charge is 0.338 e. The minimum Gasteiger partial charge on any atom is -0.338 e. The molecule has 8 aromatic carbocycles. The number of benzene rings is 8. The third kappa shape index (κ3) is 6.88. The Balaban J connectivity index is 1.27. The highest BCUT2D eigenvalue weighted by Crippen LogP contribution is 2.43. The third-order valence-electron chi connectivity index (χ3n) is 13.0. The molecule has 0 heterocycles. The lowest BCUT2D eigenvalue weighted by atomic mass is 9.72. The van der Waals surface area contributed by atoms with E-state index in [0.29, 0.717) is 0 Å². The molecule has 0 fully saturated rings. The molecule has 3 aliphatic rings. The average Bonchev–Trinajstić information content (AvgIpc) is 3.36. The van der Waals surface area contributed by atoms with Crippen LogP contribution < -0.4 is 20.2 Å². The van der Waals surface area contributed by atoms with Gasteiger partial charge in [-0.1, -0.05) is 176 Å². The molecule has 62 heavy (non-hydrogen) atoms. The summed E-state index contributed by atoms with van der Waals surface area (Å²) >= 11 is 0. The van der Waals surface area contributed by atoms with Gasteiger partial charge in [-0.05, 0) is 140 Å². The van der Waals surface area contributed by atoms with Crippen molar-refractivity contribution < 1.29 is 0 Å². The SMILES string of the molecule is C1=CCCC(N(c2ccccc2)C2C=Cc3c(c4cc(N(c5ccccc5)c5ccccc5)ccc4c4c3=C(c3ccccc3)CC(c3ccccc3)C=4c3ccccc3)C2)=C1. The molecule has 2 unspecified atom stereocenters. The highest BCUT2D eigenvalue weighted by atomic mass is 15.2. The van der Waals surface area contributed by atoms with Crippen LogP contribution in [0.4, 0.5) is 22.7 Å². The topological polar surface area (TPSA) is 6.48 Å². The quantitative estimate of drug-likeness (QED) is 0.144. The van der Waals surface area contributed by atoms with Gasteiger partial charge < -0.3 is 9.80 Å². The Kier molecular flexibility index (Phi) is 10.0. The van der Waals surface area contributed by atoms with E-state index in [9.17, 15) is 0 Å². The summed E-state index contributed by atoms with van der Waals surface area (Å²) in [6.45, 7) is 0. The number of hydrogen-bond donors (Lipinski definition) is 0. The summed E-state index contributed by atoms with van der Waals surface area (Å²) in [7, 11) is 0. The smallest absolute Gasteiger partial charge is 0.0563 e. The van der Waals surface area contributed by atoms with Crippen LogP contribution in [0, 0.1) is 0 Å². The number of hydrogen-bond acceptors (Lipinski definition) is 2. The third-order valence-corrected chi connectivity index (χ3v) is 13.0. The second-order valence-electron chi connectivity index (χ2n) is 16.6. The zero-order valence-electron chi connectivity index (χ0n) is 34.8. The second-order valence-corrected chi connectivity index (χ2v) is 16.6. The molecule has 2 atom stereocenters. The molecule has 0 aromatic heterocycles. The van der Waals surface area contributed by atoms with Crippen molar-refractivity contribution in [3.63, 3.8) is 0 Å². The molecule has 0 N–H and O–H groups in total. The predicted molar refractivity (Wildman–Crippen MR) is 261 cm³/mol. The van der Waals surface area contributed by atoms with Gasteiger partial charge in [-0.3, -0.25) is 0 Å². The summed E-state index contributed by atoms with van der Waals surface area (Å²) in [6, 6.07) is 73.7. The first-order valence-electron chi connectivity index (χ1n) is 22.1. The maximum atomic E-state index is 2.60. The summed E-state index contributed by atoms with van der Waals surface area (Å²) in [6.07, 6.45) is 15.7. The van der Waals surface area contributed by atoms with Gasteiger partial charge >= 0.3 is 0 Å². The van der Waals surface area contributed by atoms with Crippen LogP contribution >= 0.6 is 0 Å². The molecule has 2 nitrogen and oxygen atoms in total. The van der Waals surface area contributed by atoms with E-state index in [0.717, 1.165) is 42.7 Å². The maximum absolute atomic E-state index is 2.60. The first-order chi connectivity index (χ1) is 30.8. The molecule has 0 aliphatic heterocycles. The molecule has 11 rings (SSSR count). The highest BCUT2D eigenvalue weighted by molar-refractivity contribution is 5.99. The summed E-state index contributed by atoms with van der Waals surface area (Å²) < 4.78 is 0. The number of nitrogens with zero attached hydrogens (tertiary/aromatic N) is 2. The van der Waals surface area contributed by atoms with Crippen molar-refractivity contribution in [2.75, 3.05) is 9.80 Å². The van der Waals surface area contributed by atoms with Crippen molar-refractivity contribution in [1.82, 2.24) is 0 Å². The molecule has 3 aliphatic carbocycles. The predicted octanol–water partition coefficient (Wildman–Crippen LogP) is 13.6. The minimum atomic E-state index is 0.130. The minimum absolute atomic E-state index is 0.130. The molecule has 0 saturated carbocycles. The van der Waals surface area contributed by atoms with E-state index in [1.165, 1.54) is 71.6 Å². The summed E-state index contributed by atoms with van der Waals surface area (Å²) in [5, 5.41) is 5.34. The van der Waals surface area contributed by atoms with Crippen LogP contribution in [-0.4, -0.2) is 6.04 Å². The molecule has 2 heteroatoms. The zero-order chi connectivity index (χ0) is 41.2. The number of anilines is 4. The molecule has 0 spiro atoms. The van der Waals surface area contributed by atoms with Crippen LogP contribution in [0.15, 0.2) is 230 Å². The maximum Gasteiger partial charge on any atom is 0.0563 e. The van der Waals surface area contributed by atoms with Gasteiger partial charge in [-0.15, -0.1) is 0 Å². The van der Waals surface area contributed by atoms with Gasteiger partial charge in [0.05, 0.1) is 6.04 Å². The van der Waals surface area contributed by atoms with Crippen molar-refractivity contribution in [3.8, 4) is 0 Å². The van der Waals surface area contributed by atoms with Gasteiger partial charge in [0.25, 0.3) is 0 Å². The van der Waals surface area contributed by atoms with Crippen LogP contribution in [0.1, 0.15) is 53.0 Å². The highest BCUT2D eigenvalue weighted by Gasteiger charge is 2.32. The number of allylic oxidation sites excluding steroid dienone is 4. The Bertz CT molecular complexity index is 3060. The van der Waals surface area contributed by atoms with E-state index >= 15 is 0 Å². The lowest BCUT2D eigenvalue weighted by molar-refractivity contribution is 0.710. The van der Waals surface area contributed by atoms with Crippen LogP contribution in [0.2, 0.25) is 0 Å². The average molecular weight is 797 g/mol. The van der Waals surface area contributed by atoms with Crippen molar-refractivity contribution in [2.24, 2.45) is 0 Å². The number of fused-ring (bicyclic) bond motifs is 6. The van der Waals surface area contributed by atoms with Gasteiger partial charge in [0.1, 0.15) is 0 Å². The van der Waals surface area contributed by atoms with Crippen LogP contribution in [0.3, 0.4) is 0 Å². The standard InChI is InChI=1S/C60H48N2/c1-8-22-43(23-9-1)54-42-55(44-24-10-2-11-25-44)59-52-38-36-50(61(46-28-14-4-15-29-46)47-30-16-5-17-31-47)40-56(52)57-41-51(37-39-53(57)60(59)58(54)45-26-12-3-13-27-45)62(48-32-18-6-19-33-48)49-34-20-7-21-35-49/h1-16,18-30,32-39,41,50,54H,17,31,40,42H2. The second kappa shape index (κ2) is 16.6. The fourth-order valence-corrected chi connectivity index (χ4v) is 10.3. The van der Waals surface area contributed by atoms with E-state index in [2.05, 4.69) is 240 Å². The fraction of sp³-hybridized carbons (Fsp3) is 0.100. The van der Waals surface area contributed by atoms with Crippen LogP contribution in [-0.2, 0) is 6.42 Å². The number of para-hydroxylation sites is 3. The Labute approximate surface area is 365 Å². The Morgan fingerprint density at radius 3 is 1.68 bits per heavy atom. The van der Waals surface area contributed by atoms with Crippen molar-refractivity contribution in [1.29, 1.82) is 0 Å². The van der Waals surface area contributed by atoms with Gasteiger partial charge in [-0.25, -0.2) is 0 Å². The monoisotopic (exact) mass is 796 g/mol. The molecule has 0 saturated heterocycles. The Morgan fingerprint density at radius 2 is 1.06 bits per heavy atom. The summed E-state index contributed by atoms with van der Waals surface area (Å²) in [5.41, 5.74) is 15.5. The van der Waals surface area contributed by atoms with Gasteiger partial charge in [-0.2, -0.15) is 0 Å². The molecule has 0 amide bonds. The van der Waals surface area contributed by atoms with Gasteiger partial charge in [0, 0.05) is 34.4 Å². The molecule has 298 valence electrons. The summed E-state index contributed by atoms with van der Waals surface area (Å²) in [4.78, 5) is 5.01. The van der Waals surface area contributed by atoms with E-state index in [-0.39, 0.29) is 12.0 Å². The van der Waals surface area contributed by atoms with E-state index in [1.54, 1.807) is 0 Å². The Hall–Kier alpha value is -7.42. The molecule has 0 bridgehead atoms. The molecule has 0 radical (unpaired) electrons. The van der Waals surface area contributed by atoms with E-state index in [1.807, 2.05) is 0 Å². The lowest BCUT2D eigenvalue weighted by Gasteiger charge is -2.38. The normalized spacial score (nSPS) is 16.7. The Morgan fingerprint density at radius 1 is 0.484 bits per heavy atom. The number of rotatable bonds is 9. The van der Waals surface area contributed by atoms with Crippen LogP contribution in [0.25, 0.3) is 28.0 Å². The summed E-state index contributed by atoms with van der Waals surface area (Å²) in [5.74, 6) is 0.160. The molecular weight excluding hydrogens is 749 g/mol. The van der Waals surface area contributed by atoms with Crippen LogP contribution in [0.5, 0.6) is 0 Å². The first kappa shape index (κ1) is 37.6. The lowest BCUT2D eigenvalue weighted by Crippen LogP contribution is -2.42. The zero-order valence-corrected chi connectivity index (χ0v) is 34.8. The first-order valence-corrected chi connectivity index (χ1v) is 22.1. The molecule has 8 aromatic rings. The molecular formula is C60H48N2. The van der Waals surface area contributed by atoms with E-state index < -0.39 is 0 Å². The fourth-order valence-electron chi connectivity index (χ4n) is 10.3. The van der Waals surface area contributed by atoms with Crippen molar-refractivity contribution >= 4 is 50.7 Å². The van der Waals surface area contributed by atoms with Gasteiger partial charge in [0.2, 0.25) is 0 Å². The van der Waals surface area contributed by atoms with E-state index in [4.69, 9.17) is 0 Å². The van der Waals surface area contributed by atoms with Crippen molar-refractivity contribution in [3.05, 3.63) is 268 Å². The van der Waals surface area contributed by atoms with Crippen molar-refractivity contribution in [2.45, 2.75) is 37.6 Å². The van der Waals surface area contributed by atoms with Gasteiger partial charge in [0.15, 0.2) is 0 Å².